The van der Waals surface area contributed by atoms with Crippen molar-refractivity contribution in [2.75, 3.05) is 11.5 Å². The zero-order valence-corrected chi connectivity index (χ0v) is 15.5. The van der Waals surface area contributed by atoms with E-state index in [2.05, 4.69) is 11.2 Å². The third-order valence-electron chi connectivity index (χ3n) is 2.89. The van der Waals surface area contributed by atoms with Crippen LogP contribution in [-0.2, 0) is 16.1 Å². The van der Waals surface area contributed by atoms with Crippen LogP contribution in [0.3, 0.4) is 0 Å². The molecule has 1 aromatic rings. The lowest BCUT2D eigenvalue weighted by Gasteiger charge is -2.27. The Morgan fingerprint density at radius 1 is 1.36 bits per heavy atom. The van der Waals surface area contributed by atoms with Crippen molar-refractivity contribution in [2.45, 2.75) is 45.4 Å². The predicted molar refractivity (Wildman–Crippen MR) is 97.9 cm³/mol. The average molecular weight is 367 g/mol. The van der Waals surface area contributed by atoms with Gasteiger partial charge in [-0.25, -0.2) is 4.79 Å². The number of carbonyl (C=O) groups is 1. The fourth-order valence-electron chi connectivity index (χ4n) is 1.81. The summed E-state index contributed by atoms with van der Waals surface area (Å²) in [7, 11) is 0. The molecular weight excluding hydrogens is 342 g/mol. The molecule has 25 heavy (non-hydrogen) atoms. The van der Waals surface area contributed by atoms with Gasteiger partial charge in [0.25, 0.3) is 0 Å². The number of benzene rings is 1. The van der Waals surface area contributed by atoms with Crippen LogP contribution in [0.15, 0.2) is 24.3 Å². The van der Waals surface area contributed by atoms with Gasteiger partial charge in [0.15, 0.2) is 0 Å². The summed E-state index contributed by atoms with van der Waals surface area (Å²) in [4.78, 5) is 12.4. The number of ether oxygens (including phenoxy) is 2. The van der Waals surface area contributed by atoms with E-state index in [1.54, 1.807) is 45.0 Å². The Bertz CT molecular complexity index is 577. The lowest BCUT2D eigenvalue weighted by Crippen LogP contribution is -2.49. The monoisotopic (exact) mass is 367 g/mol. The van der Waals surface area contributed by atoms with Crippen molar-refractivity contribution < 1.29 is 24.5 Å². The van der Waals surface area contributed by atoms with E-state index in [0.29, 0.717) is 22.8 Å². The number of rotatable bonds is 9. The van der Waals surface area contributed by atoms with E-state index >= 15 is 0 Å². The van der Waals surface area contributed by atoms with Crippen LogP contribution in [0.25, 0.3) is 0 Å². The quantitative estimate of drug-likeness (QED) is 0.200. The summed E-state index contributed by atoms with van der Waals surface area (Å²) in [6.45, 7) is 5.29. The molecule has 0 fully saturated rings. The van der Waals surface area contributed by atoms with Crippen LogP contribution in [-0.4, -0.2) is 45.7 Å². The van der Waals surface area contributed by atoms with E-state index in [1.165, 1.54) is 11.8 Å². The van der Waals surface area contributed by atoms with Crippen molar-refractivity contribution in [3.8, 4) is 18.1 Å². The minimum absolute atomic E-state index is 0.0858. The van der Waals surface area contributed by atoms with Crippen molar-refractivity contribution in [3.63, 3.8) is 0 Å². The molecule has 0 heterocycles. The van der Waals surface area contributed by atoms with Gasteiger partial charge >= 0.3 is 5.97 Å². The average Bonchev–Trinajstić information content (AvgIpc) is 2.53. The Hall–Kier alpha value is -1.56. The topological polar surface area (TPSA) is 88.0 Å². The van der Waals surface area contributed by atoms with Crippen molar-refractivity contribution >= 4 is 17.7 Å². The Balaban J connectivity index is 2.71. The Morgan fingerprint density at radius 3 is 2.52 bits per heavy atom. The van der Waals surface area contributed by atoms with Gasteiger partial charge in [0.2, 0.25) is 6.41 Å². The predicted octanol–water partition coefficient (Wildman–Crippen LogP) is 1.50. The molecule has 2 atom stereocenters. The number of hydrogen-bond acceptors (Lipinski definition) is 7. The number of terminal acetylenes is 1. The number of hydrogen-bond donors (Lipinski definition) is 3. The van der Waals surface area contributed by atoms with E-state index in [1.807, 2.05) is 0 Å². The highest BCUT2D eigenvalue weighted by molar-refractivity contribution is 7.99. The largest absolute Gasteiger partial charge is 0.425 e. The molecule has 0 bridgehead atoms. The zero-order chi connectivity index (χ0) is 18.9. The summed E-state index contributed by atoms with van der Waals surface area (Å²) >= 11 is 1.37. The molecule has 1 aromatic carbocycles. The second-order valence-electron chi connectivity index (χ2n) is 6.24. The maximum absolute atomic E-state index is 12.4. The second-order valence-corrected chi connectivity index (χ2v) is 7.27. The van der Waals surface area contributed by atoms with Crippen LogP contribution in [0, 0.1) is 12.3 Å². The molecule has 0 amide bonds. The normalized spacial score (nSPS) is 13.8. The first-order valence-corrected chi connectivity index (χ1v) is 8.95. The van der Waals surface area contributed by atoms with E-state index < -0.39 is 24.0 Å². The van der Waals surface area contributed by atoms with Crippen molar-refractivity contribution in [3.05, 3.63) is 29.8 Å². The molecular formula is C18H25NO5S. The first-order valence-electron chi connectivity index (χ1n) is 7.80. The second kappa shape index (κ2) is 10.4. The summed E-state index contributed by atoms with van der Waals surface area (Å²) in [5.74, 6) is 3.03. The number of aliphatic hydroxyl groups excluding tert-OH is 2. The zero-order valence-electron chi connectivity index (χ0n) is 14.7. The van der Waals surface area contributed by atoms with Crippen LogP contribution >= 0.6 is 11.8 Å². The fourth-order valence-corrected chi connectivity index (χ4v) is 2.51. The number of thioether (sulfide) groups is 1. The third-order valence-corrected chi connectivity index (χ3v) is 3.83. The molecule has 0 saturated heterocycles. The molecule has 0 saturated carbocycles. The maximum atomic E-state index is 12.4. The Morgan fingerprint density at radius 2 is 2.00 bits per heavy atom. The first-order chi connectivity index (χ1) is 11.7. The SMILES string of the molecule is C#CCSCC(NC(O)OC(C)(C)C)C(=O)Oc1ccc(CO)cc1. The standard InChI is InChI=1S/C18H25NO5S/c1-5-10-25-12-15(19-17(22)24-18(2,3)4)16(21)23-14-8-6-13(11-20)7-9-14/h1,6-9,15,17,19-20,22H,10-12H2,2-4H3. The molecule has 3 N–H and O–H groups in total. The lowest BCUT2D eigenvalue weighted by atomic mass is 10.2. The number of esters is 1. The van der Waals surface area contributed by atoms with Crippen molar-refractivity contribution in [1.29, 1.82) is 0 Å². The summed E-state index contributed by atoms with van der Waals surface area (Å²) < 4.78 is 10.7. The molecule has 0 aliphatic carbocycles. The lowest BCUT2D eigenvalue weighted by molar-refractivity contribution is -0.187. The smallest absolute Gasteiger partial charge is 0.329 e. The van der Waals surface area contributed by atoms with Gasteiger partial charge in [-0.05, 0) is 38.5 Å². The molecule has 7 heteroatoms. The highest BCUT2D eigenvalue weighted by Gasteiger charge is 2.26. The van der Waals surface area contributed by atoms with Crippen LogP contribution in [0.2, 0.25) is 0 Å². The van der Waals surface area contributed by atoms with Gasteiger partial charge in [-0.3, -0.25) is 5.32 Å². The molecule has 0 aromatic heterocycles. The summed E-state index contributed by atoms with van der Waals surface area (Å²) in [6, 6.07) is 5.72. The van der Waals surface area contributed by atoms with Gasteiger partial charge in [-0.15, -0.1) is 18.2 Å². The van der Waals surface area contributed by atoms with Crippen LogP contribution in [0.5, 0.6) is 5.75 Å². The van der Waals surface area contributed by atoms with Crippen molar-refractivity contribution in [2.24, 2.45) is 0 Å². The van der Waals surface area contributed by atoms with Crippen LogP contribution in [0.1, 0.15) is 26.3 Å². The maximum Gasteiger partial charge on any atom is 0.329 e. The first kappa shape index (κ1) is 21.5. The van der Waals surface area contributed by atoms with Gasteiger partial charge in [0.1, 0.15) is 11.8 Å². The number of carbonyl (C=O) groups excluding carboxylic acids is 1. The van der Waals surface area contributed by atoms with E-state index in [9.17, 15) is 9.90 Å². The highest BCUT2D eigenvalue weighted by Crippen LogP contribution is 2.15. The minimum Gasteiger partial charge on any atom is -0.425 e. The molecule has 0 spiro atoms. The van der Waals surface area contributed by atoms with Gasteiger partial charge in [-0.2, -0.15) is 0 Å². The molecule has 0 aliphatic heterocycles. The van der Waals surface area contributed by atoms with E-state index in [-0.39, 0.29) is 6.61 Å². The van der Waals surface area contributed by atoms with Gasteiger partial charge < -0.3 is 19.7 Å². The molecule has 2 unspecified atom stereocenters. The van der Waals surface area contributed by atoms with E-state index in [4.69, 9.17) is 21.0 Å². The highest BCUT2D eigenvalue weighted by atomic mass is 32.2. The molecule has 1 rings (SSSR count). The van der Waals surface area contributed by atoms with E-state index in [0.717, 1.165) is 0 Å². The summed E-state index contributed by atoms with van der Waals surface area (Å²) in [5.41, 5.74) is 0.139. The molecule has 6 nitrogen and oxygen atoms in total. The van der Waals surface area contributed by atoms with Gasteiger partial charge in [0.05, 0.1) is 18.0 Å². The molecule has 138 valence electrons. The van der Waals surface area contributed by atoms with Crippen molar-refractivity contribution in [1.82, 2.24) is 5.32 Å². The van der Waals surface area contributed by atoms with Gasteiger partial charge in [-0.1, -0.05) is 18.1 Å². The van der Waals surface area contributed by atoms with Crippen LogP contribution in [0.4, 0.5) is 0 Å². The summed E-state index contributed by atoms with van der Waals surface area (Å²) in [5, 5.41) is 21.7. The minimum atomic E-state index is -1.32. The molecule has 0 aliphatic rings. The molecule has 0 radical (unpaired) electrons. The van der Waals surface area contributed by atoms with Gasteiger partial charge in [0, 0.05) is 5.75 Å². The Kier molecular flexibility index (Phi) is 8.97. The Labute approximate surface area is 152 Å². The number of nitrogens with one attached hydrogen (secondary N) is 1. The summed E-state index contributed by atoms with van der Waals surface area (Å²) in [6.07, 6.45) is 3.91. The third kappa shape index (κ3) is 8.91. The van der Waals surface area contributed by atoms with Crippen LogP contribution < -0.4 is 10.1 Å². The number of aliphatic hydroxyl groups is 2. The fraction of sp³-hybridized carbons (Fsp3) is 0.500.